The van der Waals surface area contributed by atoms with E-state index in [0.717, 1.165) is 77.0 Å². The highest BCUT2D eigenvalue weighted by molar-refractivity contribution is 7.85. The fourth-order valence-electron chi connectivity index (χ4n) is 5.45. The van der Waals surface area contributed by atoms with E-state index >= 15 is 0 Å². The van der Waals surface area contributed by atoms with Crippen LogP contribution in [0.3, 0.4) is 0 Å². The van der Waals surface area contributed by atoms with Gasteiger partial charge in [0.2, 0.25) is 5.91 Å². The van der Waals surface area contributed by atoms with E-state index in [1.165, 1.54) is 57.4 Å². The molecule has 0 fully saturated rings. The van der Waals surface area contributed by atoms with Crippen LogP contribution in [0.15, 0.2) is 97.2 Å². The zero-order valence-electron chi connectivity index (χ0n) is 32.9. The van der Waals surface area contributed by atoms with Crippen molar-refractivity contribution in [1.29, 1.82) is 0 Å². The number of hydrogen-bond donors (Lipinski definition) is 3. The molecule has 0 aromatic carbocycles. The molecule has 2 atom stereocenters. The molecular weight excluding hydrogens is 667 g/mol. The molecule has 0 radical (unpaired) electrons. The molecule has 0 aliphatic rings. The quantitative estimate of drug-likeness (QED) is 0.0341. The van der Waals surface area contributed by atoms with E-state index in [1.54, 1.807) is 6.08 Å². The molecule has 0 aliphatic carbocycles. The van der Waals surface area contributed by atoms with Crippen LogP contribution in [-0.2, 0) is 14.9 Å². The molecule has 3 N–H and O–H groups in total. The highest BCUT2D eigenvalue weighted by Gasteiger charge is 2.24. The van der Waals surface area contributed by atoms with Gasteiger partial charge in [0.15, 0.2) is 0 Å². The number of allylic oxidation sites excluding steroid dienone is 15. The number of unbranched alkanes of at least 4 members (excludes halogenated alkanes) is 13. The number of rotatable bonds is 35. The number of nitrogens with one attached hydrogen (secondary N) is 1. The lowest BCUT2D eigenvalue weighted by Crippen LogP contribution is -2.46. The molecular formula is C45H75NO5S. The van der Waals surface area contributed by atoms with Crippen LogP contribution in [0, 0.1) is 0 Å². The molecule has 0 aromatic heterocycles. The Balaban J connectivity index is 4.11. The van der Waals surface area contributed by atoms with E-state index in [4.69, 9.17) is 0 Å². The van der Waals surface area contributed by atoms with Crippen LogP contribution >= 0.6 is 0 Å². The molecule has 0 aliphatic heterocycles. The van der Waals surface area contributed by atoms with Gasteiger partial charge in [0.05, 0.1) is 17.9 Å². The monoisotopic (exact) mass is 742 g/mol. The predicted octanol–water partition coefficient (Wildman–Crippen LogP) is 12.2. The number of aliphatic hydroxyl groups is 1. The van der Waals surface area contributed by atoms with Gasteiger partial charge in [0.25, 0.3) is 10.1 Å². The number of amides is 1. The third kappa shape index (κ3) is 38.5. The van der Waals surface area contributed by atoms with Crippen molar-refractivity contribution in [1.82, 2.24) is 5.32 Å². The van der Waals surface area contributed by atoms with Crippen molar-refractivity contribution in [2.24, 2.45) is 0 Å². The van der Waals surface area contributed by atoms with Crippen LogP contribution in [0.5, 0.6) is 0 Å². The minimum Gasteiger partial charge on any atom is -0.387 e. The first-order chi connectivity index (χ1) is 25.3. The third-order valence-corrected chi connectivity index (χ3v) is 9.25. The fraction of sp³-hybridized carbons (Fsp3) is 0.622. The molecule has 0 rings (SSSR count). The Morgan fingerprint density at radius 2 is 0.942 bits per heavy atom. The van der Waals surface area contributed by atoms with Gasteiger partial charge in [0.1, 0.15) is 0 Å². The second kappa shape index (κ2) is 38.0. The van der Waals surface area contributed by atoms with E-state index in [2.05, 4.69) is 104 Å². The molecule has 0 aromatic rings. The van der Waals surface area contributed by atoms with Crippen molar-refractivity contribution in [2.45, 2.75) is 174 Å². The normalized spacial score (nSPS) is 14.3. The minimum atomic E-state index is -4.38. The van der Waals surface area contributed by atoms with E-state index in [0.29, 0.717) is 12.8 Å². The standard InChI is InChI=1S/C45H75NO5S/c1-3-5-7-9-11-13-15-17-19-21-23-25-27-29-31-33-35-37-39-41-45(48)46-43(42-52(49,50)51)44(47)40-38-36-34-32-30-28-26-24-22-20-18-16-14-12-10-8-6-4-2/h5,7,11,13,17,19,22-25,29-32,38,40,43-44,47H,3-4,6,8-10,12,14-16,18,20-21,26-28,33-37,39,41-42H2,1-2H3,(H,46,48)(H,49,50,51)/b7-5-,13-11-,19-17-,24-22+,25-23-,31-29-,32-30+,40-38+. The molecule has 7 heteroatoms. The van der Waals surface area contributed by atoms with E-state index in [9.17, 15) is 22.9 Å². The summed E-state index contributed by atoms with van der Waals surface area (Å²) >= 11 is 0. The van der Waals surface area contributed by atoms with Crippen molar-refractivity contribution in [3.63, 3.8) is 0 Å². The second-order valence-electron chi connectivity index (χ2n) is 13.5. The largest absolute Gasteiger partial charge is 0.387 e. The Hall–Kier alpha value is -2.74. The van der Waals surface area contributed by atoms with E-state index in [1.807, 2.05) is 0 Å². The number of aliphatic hydroxyl groups excluding tert-OH is 1. The fourth-order valence-corrected chi connectivity index (χ4v) is 6.18. The number of carbonyl (C=O) groups is 1. The SMILES string of the molecule is CC/C=C\C/C=C\C/C=C\C/C=C\C/C=C\CCCCCC(=O)NC(CS(=O)(=O)O)C(O)/C=C/CC/C=C/CC/C=C/CCCCCCCCCC. The van der Waals surface area contributed by atoms with E-state index < -0.39 is 28.0 Å². The number of carbonyl (C=O) groups excluding carboxylic acids is 1. The van der Waals surface area contributed by atoms with Gasteiger partial charge in [-0.2, -0.15) is 8.42 Å². The number of hydrogen-bond acceptors (Lipinski definition) is 4. The molecule has 6 nitrogen and oxygen atoms in total. The van der Waals surface area contributed by atoms with Crippen LogP contribution in [0.1, 0.15) is 162 Å². The van der Waals surface area contributed by atoms with E-state index in [-0.39, 0.29) is 12.3 Å². The summed E-state index contributed by atoms with van der Waals surface area (Å²) < 4.78 is 32.5. The Morgan fingerprint density at radius 1 is 0.538 bits per heavy atom. The maximum absolute atomic E-state index is 12.5. The Labute approximate surface area is 319 Å². The van der Waals surface area contributed by atoms with Gasteiger partial charge < -0.3 is 10.4 Å². The molecule has 296 valence electrons. The summed E-state index contributed by atoms with van der Waals surface area (Å²) in [5, 5.41) is 13.2. The van der Waals surface area contributed by atoms with Crippen molar-refractivity contribution < 1.29 is 22.9 Å². The maximum Gasteiger partial charge on any atom is 0.267 e. The summed E-state index contributed by atoms with van der Waals surface area (Å²) in [6.45, 7) is 4.40. The Morgan fingerprint density at radius 3 is 1.44 bits per heavy atom. The molecule has 0 heterocycles. The first-order valence-corrected chi connectivity index (χ1v) is 22.0. The smallest absolute Gasteiger partial charge is 0.267 e. The lowest BCUT2D eigenvalue weighted by atomic mass is 10.1. The maximum atomic E-state index is 12.5. The van der Waals surface area contributed by atoms with Crippen LogP contribution in [-0.4, -0.2) is 41.9 Å². The molecule has 0 spiro atoms. The first-order valence-electron chi connectivity index (χ1n) is 20.4. The molecule has 0 bridgehead atoms. The van der Waals surface area contributed by atoms with Crippen molar-refractivity contribution >= 4 is 16.0 Å². The van der Waals surface area contributed by atoms with Gasteiger partial charge in [-0.15, -0.1) is 0 Å². The van der Waals surface area contributed by atoms with Crippen molar-refractivity contribution in [2.75, 3.05) is 5.75 Å². The molecule has 52 heavy (non-hydrogen) atoms. The summed E-state index contributed by atoms with van der Waals surface area (Å²) in [6, 6.07) is -1.10. The van der Waals surface area contributed by atoms with Crippen LogP contribution in [0.4, 0.5) is 0 Å². The van der Waals surface area contributed by atoms with Crippen LogP contribution in [0.25, 0.3) is 0 Å². The zero-order valence-corrected chi connectivity index (χ0v) is 33.7. The third-order valence-electron chi connectivity index (χ3n) is 8.47. The molecule has 0 saturated carbocycles. The first kappa shape index (κ1) is 49.3. The van der Waals surface area contributed by atoms with Gasteiger partial charge in [-0.1, -0.05) is 162 Å². The summed E-state index contributed by atoms with van der Waals surface area (Å²) in [5.41, 5.74) is 0. The summed E-state index contributed by atoms with van der Waals surface area (Å²) in [5.74, 6) is -1.06. The highest BCUT2D eigenvalue weighted by atomic mass is 32.2. The van der Waals surface area contributed by atoms with Crippen molar-refractivity contribution in [3.05, 3.63) is 97.2 Å². The lowest BCUT2D eigenvalue weighted by molar-refractivity contribution is -0.122. The molecule has 1 amide bonds. The summed E-state index contributed by atoms with van der Waals surface area (Å²) in [6.07, 6.45) is 56.7. The van der Waals surface area contributed by atoms with Crippen molar-refractivity contribution in [3.8, 4) is 0 Å². The van der Waals surface area contributed by atoms with Crippen LogP contribution < -0.4 is 5.32 Å². The molecule has 2 unspecified atom stereocenters. The van der Waals surface area contributed by atoms with Crippen LogP contribution in [0.2, 0.25) is 0 Å². The average Bonchev–Trinajstić information content (AvgIpc) is 3.11. The van der Waals surface area contributed by atoms with Gasteiger partial charge >= 0.3 is 0 Å². The summed E-state index contributed by atoms with van der Waals surface area (Å²) in [4.78, 5) is 12.5. The van der Waals surface area contributed by atoms with Gasteiger partial charge in [-0.05, 0) is 89.9 Å². The Kier molecular flexibility index (Phi) is 36.0. The minimum absolute atomic E-state index is 0.239. The highest BCUT2D eigenvalue weighted by Crippen LogP contribution is 2.11. The van der Waals surface area contributed by atoms with Gasteiger partial charge in [0, 0.05) is 6.42 Å². The van der Waals surface area contributed by atoms with Gasteiger partial charge in [-0.25, -0.2) is 0 Å². The lowest BCUT2D eigenvalue weighted by Gasteiger charge is -2.21. The van der Waals surface area contributed by atoms with Gasteiger partial charge in [-0.3, -0.25) is 9.35 Å². The Bertz CT molecular complexity index is 1180. The summed E-state index contributed by atoms with van der Waals surface area (Å²) in [7, 11) is -4.38. The second-order valence-corrected chi connectivity index (χ2v) is 15.0. The predicted molar refractivity (Wildman–Crippen MR) is 225 cm³/mol. The zero-order chi connectivity index (χ0) is 38.2. The topological polar surface area (TPSA) is 104 Å². The molecule has 0 saturated heterocycles. The average molecular weight is 742 g/mol.